The maximum Gasteiger partial charge on any atom is 0.348 e. The largest absolute Gasteiger partial charge is 0.494 e. The fraction of sp³-hybridized carbons (Fsp3) is 0.250. The molecule has 1 heterocycles. The lowest BCUT2D eigenvalue weighted by Gasteiger charge is -2.21. The number of benzene rings is 3. The first-order valence-corrected chi connectivity index (χ1v) is 12.2. The number of rotatable bonds is 12. The van der Waals surface area contributed by atoms with E-state index in [0.29, 0.717) is 40.9 Å². The van der Waals surface area contributed by atoms with Crippen LogP contribution < -0.4 is 31.0 Å². The highest BCUT2D eigenvalue weighted by Crippen LogP contribution is 2.34. The van der Waals surface area contributed by atoms with Crippen LogP contribution in [0.3, 0.4) is 0 Å². The van der Waals surface area contributed by atoms with Crippen LogP contribution in [-0.2, 0) is 4.74 Å². The summed E-state index contributed by atoms with van der Waals surface area (Å²) in [6.07, 6.45) is -0.184. The summed E-state index contributed by atoms with van der Waals surface area (Å²) >= 11 is 0. The molecule has 39 heavy (non-hydrogen) atoms. The number of ether oxygens (including phenoxy) is 4. The van der Waals surface area contributed by atoms with E-state index in [4.69, 9.17) is 30.1 Å². The first-order chi connectivity index (χ1) is 18.8. The molecule has 0 aliphatic carbocycles. The van der Waals surface area contributed by atoms with Crippen molar-refractivity contribution in [3.05, 3.63) is 94.2 Å². The molecule has 11 nitrogen and oxygen atoms in total. The molecule has 0 saturated heterocycles. The third-order valence-corrected chi connectivity index (χ3v) is 5.98. The van der Waals surface area contributed by atoms with Crippen LogP contribution in [0.1, 0.15) is 29.9 Å². The van der Waals surface area contributed by atoms with Crippen molar-refractivity contribution in [2.45, 2.75) is 19.1 Å². The quantitative estimate of drug-likeness (QED) is 0.160. The van der Waals surface area contributed by atoms with Gasteiger partial charge in [-0.2, -0.15) is 4.68 Å². The number of nitrogens with one attached hydrogen (secondary N) is 3. The van der Waals surface area contributed by atoms with Crippen LogP contribution in [0.4, 0.5) is 5.69 Å². The third kappa shape index (κ3) is 6.21. The minimum absolute atomic E-state index is 0.0268. The van der Waals surface area contributed by atoms with Gasteiger partial charge in [-0.3, -0.25) is 10.4 Å². The molecule has 0 aliphatic heterocycles. The predicted octanol–water partition coefficient (Wildman–Crippen LogP) is 3.48. The topological polar surface area (TPSA) is 150 Å². The summed E-state index contributed by atoms with van der Waals surface area (Å²) in [6, 6.07) is 19.2. The normalized spacial score (nSPS) is 12.4. The summed E-state index contributed by atoms with van der Waals surface area (Å²) in [6.45, 7) is 2.33. The van der Waals surface area contributed by atoms with Crippen LogP contribution in [0.2, 0.25) is 0 Å². The van der Waals surface area contributed by atoms with Crippen molar-refractivity contribution in [3.8, 4) is 22.9 Å². The monoisotopic (exact) mass is 532 g/mol. The molecular weight excluding hydrogens is 500 g/mol. The van der Waals surface area contributed by atoms with Crippen LogP contribution in [0.25, 0.3) is 5.69 Å². The van der Waals surface area contributed by atoms with Gasteiger partial charge in [0.1, 0.15) is 29.4 Å². The molecular formula is C28H32N6O5. The number of para-hydroxylation sites is 2. The Hall–Kier alpha value is -4.77. The van der Waals surface area contributed by atoms with Gasteiger partial charge in [-0.1, -0.05) is 18.2 Å². The fourth-order valence-corrected chi connectivity index (χ4v) is 4.11. The summed E-state index contributed by atoms with van der Waals surface area (Å²) in [5, 5.41) is 15.7. The molecule has 4 aromatic rings. The SMILES string of the molecule is COCC(C)Oc1ccc(C(Nc2ccc(C(=N)N)cc2)c2nn(-c3ccccc3OC)c(=O)[nH]2)cc1OC. The summed E-state index contributed by atoms with van der Waals surface area (Å²) in [5.74, 6) is 1.92. The van der Waals surface area contributed by atoms with E-state index < -0.39 is 11.7 Å². The smallest absolute Gasteiger partial charge is 0.348 e. The minimum atomic E-state index is -0.587. The Balaban J connectivity index is 1.77. The lowest BCUT2D eigenvalue weighted by atomic mass is 10.0. The molecule has 0 bridgehead atoms. The van der Waals surface area contributed by atoms with Gasteiger partial charge in [-0.05, 0) is 61.0 Å². The summed E-state index contributed by atoms with van der Waals surface area (Å²) in [4.78, 5) is 15.9. The molecule has 2 unspecified atom stereocenters. The maximum atomic E-state index is 13.0. The van der Waals surface area contributed by atoms with Gasteiger partial charge in [0.2, 0.25) is 0 Å². The number of amidine groups is 1. The minimum Gasteiger partial charge on any atom is -0.494 e. The maximum absolute atomic E-state index is 13.0. The number of nitrogens with two attached hydrogens (primary N) is 1. The molecule has 204 valence electrons. The number of H-pyrrole nitrogens is 1. The third-order valence-electron chi connectivity index (χ3n) is 5.98. The Bertz CT molecular complexity index is 1480. The molecule has 0 radical (unpaired) electrons. The van der Waals surface area contributed by atoms with E-state index >= 15 is 0 Å². The van der Waals surface area contributed by atoms with Gasteiger partial charge in [-0.25, -0.2) is 4.79 Å². The van der Waals surface area contributed by atoms with Crippen LogP contribution in [0, 0.1) is 5.41 Å². The standard InChI is InChI=1S/C28H32N6O5/c1-17(16-36-2)39-23-14-11-19(15-24(23)38-4)25(31-20-12-9-18(10-13-20)26(29)30)27-32-28(35)34(33-27)21-7-5-6-8-22(21)37-3/h5-15,17,25,31H,16H2,1-4H3,(H3,29,30)(H,32,33,35). The van der Waals surface area contributed by atoms with E-state index in [1.54, 1.807) is 56.7 Å². The zero-order valence-electron chi connectivity index (χ0n) is 22.2. The van der Waals surface area contributed by atoms with Crippen molar-refractivity contribution in [3.63, 3.8) is 0 Å². The molecule has 0 saturated carbocycles. The van der Waals surface area contributed by atoms with Crippen molar-refractivity contribution < 1.29 is 18.9 Å². The highest BCUT2D eigenvalue weighted by molar-refractivity contribution is 5.95. The summed E-state index contributed by atoms with van der Waals surface area (Å²) < 4.78 is 23.5. The average Bonchev–Trinajstić information content (AvgIpc) is 3.33. The van der Waals surface area contributed by atoms with Crippen molar-refractivity contribution in [2.75, 3.05) is 33.3 Å². The lowest BCUT2D eigenvalue weighted by Crippen LogP contribution is -2.19. The van der Waals surface area contributed by atoms with Crippen molar-refractivity contribution in [2.24, 2.45) is 5.73 Å². The zero-order chi connectivity index (χ0) is 27.9. The van der Waals surface area contributed by atoms with E-state index in [9.17, 15) is 4.79 Å². The molecule has 3 aromatic carbocycles. The molecule has 11 heteroatoms. The lowest BCUT2D eigenvalue weighted by molar-refractivity contribution is 0.0899. The highest BCUT2D eigenvalue weighted by Gasteiger charge is 2.23. The molecule has 1 aromatic heterocycles. The molecule has 0 aliphatic rings. The molecule has 2 atom stereocenters. The van der Waals surface area contributed by atoms with Crippen molar-refractivity contribution in [1.82, 2.24) is 14.8 Å². The first kappa shape index (κ1) is 27.3. The van der Waals surface area contributed by atoms with Crippen LogP contribution >= 0.6 is 0 Å². The Morgan fingerprint density at radius 1 is 1.03 bits per heavy atom. The van der Waals surface area contributed by atoms with Crippen LogP contribution in [0.5, 0.6) is 17.2 Å². The second-order valence-corrected chi connectivity index (χ2v) is 8.76. The summed E-state index contributed by atoms with van der Waals surface area (Å²) in [7, 11) is 4.72. The summed E-state index contributed by atoms with van der Waals surface area (Å²) in [5.41, 5.74) is 7.78. The van der Waals surface area contributed by atoms with Gasteiger partial charge >= 0.3 is 5.69 Å². The number of anilines is 1. The Kier molecular flexibility index (Phi) is 8.52. The van der Waals surface area contributed by atoms with Gasteiger partial charge < -0.3 is 30.0 Å². The second-order valence-electron chi connectivity index (χ2n) is 8.76. The van der Waals surface area contributed by atoms with Crippen molar-refractivity contribution >= 4 is 11.5 Å². The van der Waals surface area contributed by atoms with E-state index in [2.05, 4.69) is 15.4 Å². The number of aromatic amines is 1. The predicted molar refractivity (Wildman–Crippen MR) is 149 cm³/mol. The van der Waals surface area contributed by atoms with Gasteiger partial charge in [-0.15, -0.1) is 5.10 Å². The van der Waals surface area contributed by atoms with Gasteiger partial charge in [0.15, 0.2) is 17.3 Å². The fourth-order valence-electron chi connectivity index (χ4n) is 4.11. The van der Waals surface area contributed by atoms with Crippen LogP contribution in [-0.4, -0.2) is 54.6 Å². The number of hydrogen-bond donors (Lipinski definition) is 4. The first-order valence-electron chi connectivity index (χ1n) is 12.2. The molecule has 0 spiro atoms. The van der Waals surface area contributed by atoms with Gasteiger partial charge in [0.05, 0.1) is 20.8 Å². The van der Waals surface area contributed by atoms with E-state index in [1.807, 2.05) is 31.2 Å². The number of nitrogen functional groups attached to an aromatic ring is 1. The number of nitrogens with zero attached hydrogens (tertiary/aromatic N) is 2. The Morgan fingerprint density at radius 3 is 2.41 bits per heavy atom. The number of methoxy groups -OCH3 is 3. The average molecular weight is 533 g/mol. The van der Waals surface area contributed by atoms with E-state index in [1.165, 1.54) is 11.8 Å². The van der Waals surface area contributed by atoms with Crippen molar-refractivity contribution in [1.29, 1.82) is 5.41 Å². The molecule has 0 amide bonds. The molecule has 0 fully saturated rings. The van der Waals surface area contributed by atoms with Gasteiger partial charge in [0.25, 0.3) is 0 Å². The van der Waals surface area contributed by atoms with E-state index in [-0.39, 0.29) is 11.9 Å². The molecule has 4 rings (SSSR count). The second kappa shape index (κ2) is 12.2. The Morgan fingerprint density at radius 2 is 1.74 bits per heavy atom. The number of hydrogen-bond acceptors (Lipinski definition) is 8. The highest BCUT2D eigenvalue weighted by atomic mass is 16.5. The number of aromatic nitrogens is 3. The Labute approximate surface area is 226 Å². The zero-order valence-corrected chi connectivity index (χ0v) is 22.2. The van der Waals surface area contributed by atoms with Gasteiger partial charge in [0, 0.05) is 18.4 Å². The van der Waals surface area contributed by atoms with E-state index in [0.717, 1.165) is 11.3 Å². The molecule has 5 N–H and O–H groups in total. The van der Waals surface area contributed by atoms with Crippen LogP contribution in [0.15, 0.2) is 71.5 Å².